The molecule has 0 spiro atoms. The smallest absolute Gasteiger partial charge is 0.306 e. The van der Waals surface area contributed by atoms with Crippen molar-refractivity contribution in [3.05, 3.63) is 48.6 Å². The second-order valence-electron chi connectivity index (χ2n) is 12.7. The van der Waals surface area contributed by atoms with Crippen molar-refractivity contribution < 1.29 is 19.1 Å². The van der Waals surface area contributed by atoms with Crippen LogP contribution in [0.3, 0.4) is 0 Å². The van der Waals surface area contributed by atoms with Gasteiger partial charge < -0.3 is 14.8 Å². The molecule has 1 N–H and O–H groups in total. The van der Waals surface area contributed by atoms with E-state index in [1.54, 1.807) is 0 Å². The molecule has 0 unspecified atom stereocenters. The first-order valence-corrected chi connectivity index (χ1v) is 18.9. The van der Waals surface area contributed by atoms with Crippen LogP contribution in [0.4, 0.5) is 0 Å². The maximum atomic E-state index is 12.4. The summed E-state index contributed by atoms with van der Waals surface area (Å²) in [7, 11) is 0. The van der Waals surface area contributed by atoms with Crippen LogP contribution < -0.4 is 5.32 Å². The maximum absolute atomic E-state index is 12.4. The minimum atomic E-state index is -0.371. The second-order valence-corrected chi connectivity index (χ2v) is 12.7. The number of esters is 2. The predicted molar refractivity (Wildman–Crippen MR) is 191 cm³/mol. The molecule has 5 heteroatoms. The van der Waals surface area contributed by atoms with E-state index in [0.29, 0.717) is 25.9 Å². The van der Waals surface area contributed by atoms with Gasteiger partial charge in [0.15, 0.2) is 12.2 Å². The molecule has 1 aliphatic heterocycles. The molecule has 1 rings (SSSR count). The van der Waals surface area contributed by atoms with E-state index in [0.717, 1.165) is 64.2 Å². The molecule has 0 aromatic rings. The van der Waals surface area contributed by atoms with Gasteiger partial charge in [0.2, 0.25) is 0 Å². The lowest BCUT2D eigenvalue weighted by molar-refractivity contribution is -0.164. The summed E-state index contributed by atoms with van der Waals surface area (Å²) in [5.41, 5.74) is 0. The third-order valence-corrected chi connectivity index (χ3v) is 8.33. The van der Waals surface area contributed by atoms with Gasteiger partial charge in [-0.05, 0) is 77.0 Å². The Kier molecular flexibility index (Phi) is 28.9. The molecule has 45 heavy (non-hydrogen) atoms. The standard InChI is InChI=1S/C40H69NO4/c1-3-5-7-9-11-13-15-17-19-21-23-25-27-29-31-33-39(42)44-37-35-41-36-38(37)45-40(43)34-32-30-28-26-24-22-20-18-16-14-12-10-8-6-4-2/h11-14,17-20,37-38,41H,3-10,15-16,21-36H2,1-2H3/b13-11-,14-12-,19-17-,20-18-/t37-,38-/m1/s1. The van der Waals surface area contributed by atoms with E-state index < -0.39 is 0 Å². The summed E-state index contributed by atoms with van der Waals surface area (Å²) in [6.07, 6.45) is 44.0. The molecule has 2 atom stereocenters. The minimum Gasteiger partial charge on any atom is -0.457 e. The molecule has 0 saturated carbocycles. The topological polar surface area (TPSA) is 64.6 Å². The molecular weight excluding hydrogens is 558 g/mol. The molecule has 5 nitrogen and oxygen atoms in total. The van der Waals surface area contributed by atoms with Gasteiger partial charge >= 0.3 is 11.9 Å². The summed E-state index contributed by atoms with van der Waals surface area (Å²) in [6.45, 7) is 5.59. The molecule has 1 fully saturated rings. The van der Waals surface area contributed by atoms with Crippen molar-refractivity contribution in [3.8, 4) is 0 Å². The SMILES string of the molecule is CCCCC/C=C\C/C=C\CCCCCCCC(=O)O[C@@H]1CNC[C@H]1OC(=O)CCCCCCC/C=C\C/C=C\CCCCC. The third-order valence-electron chi connectivity index (χ3n) is 8.33. The first-order chi connectivity index (χ1) is 22.2. The first kappa shape index (κ1) is 40.9. The lowest BCUT2D eigenvalue weighted by Crippen LogP contribution is -2.33. The second kappa shape index (κ2) is 31.8. The number of nitrogens with one attached hydrogen (secondary N) is 1. The van der Waals surface area contributed by atoms with Crippen LogP contribution >= 0.6 is 0 Å². The summed E-state index contributed by atoms with van der Waals surface area (Å²) in [4.78, 5) is 24.8. The Labute approximate surface area is 277 Å². The molecule has 1 saturated heterocycles. The van der Waals surface area contributed by atoms with Crippen LogP contribution in [0, 0.1) is 0 Å². The lowest BCUT2D eigenvalue weighted by Gasteiger charge is -2.19. The number of rotatable bonds is 30. The molecule has 0 aromatic carbocycles. The van der Waals surface area contributed by atoms with Gasteiger partial charge in [0.05, 0.1) is 0 Å². The quantitative estimate of drug-likeness (QED) is 0.0487. The van der Waals surface area contributed by atoms with Crippen molar-refractivity contribution in [1.29, 1.82) is 0 Å². The molecule has 0 radical (unpaired) electrons. The van der Waals surface area contributed by atoms with Gasteiger partial charge in [0.25, 0.3) is 0 Å². The van der Waals surface area contributed by atoms with E-state index in [1.807, 2.05) is 0 Å². The van der Waals surface area contributed by atoms with Crippen LogP contribution in [0.15, 0.2) is 48.6 Å². The number of carbonyl (C=O) groups excluding carboxylic acids is 2. The van der Waals surface area contributed by atoms with E-state index in [4.69, 9.17) is 9.47 Å². The summed E-state index contributed by atoms with van der Waals surface area (Å²) >= 11 is 0. The first-order valence-electron chi connectivity index (χ1n) is 18.9. The molecule has 1 heterocycles. The fourth-order valence-electron chi connectivity index (χ4n) is 5.48. The Bertz CT molecular complexity index is 749. The van der Waals surface area contributed by atoms with Gasteiger partial charge in [-0.3, -0.25) is 9.59 Å². The monoisotopic (exact) mass is 628 g/mol. The van der Waals surface area contributed by atoms with E-state index in [9.17, 15) is 9.59 Å². The number of unbranched alkanes of at least 4 members (excludes halogenated alkanes) is 16. The average molecular weight is 628 g/mol. The Morgan fingerprint density at radius 3 is 1.20 bits per heavy atom. The highest BCUT2D eigenvalue weighted by molar-refractivity contribution is 5.70. The van der Waals surface area contributed by atoms with Gasteiger partial charge in [-0.25, -0.2) is 0 Å². The van der Waals surface area contributed by atoms with Crippen molar-refractivity contribution in [2.24, 2.45) is 0 Å². The highest BCUT2D eigenvalue weighted by Crippen LogP contribution is 2.15. The zero-order chi connectivity index (χ0) is 32.5. The van der Waals surface area contributed by atoms with Gasteiger partial charge in [0.1, 0.15) is 0 Å². The zero-order valence-corrected chi connectivity index (χ0v) is 29.3. The predicted octanol–water partition coefficient (Wildman–Crippen LogP) is 11.0. The average Bonchev–Trinajstić information content (AvgIpc) is 3.46. The van der Waals surface area contributed by atoms with Gasteiger partial charge in [-0.2, -0.15) is 0 Å². The minimum absolute atomic E-state index is 0.177. The Morgan fingerprint density at radius 1 is 0.489 bits per heavy atom. The summed E-state index contributed by atoms with van der Waals surface area (Å²) in [5, 5.41) is 3.20. The van der Waals surface area contributed by atoms with Crippen LogP contribution in [0.2, 0.25) is 0 Å². The van der Waals surface area contributed by atoms with Crippen LogP contribution in [-0.4, -0.2) is 37.2 Å². The van der Waals surface area contributed by atoms with Crippen molar-refractivity contribution in [3.63, 3.8) is 0 Å². The van der Waals surface area contributed by atoms with E-state index >= 15 is 0 Å². The fraction of sp³-hybridized carbons (Fsp3) is 0.750. The van der Waals surface area contributed by atoms with Crippen molar-refractivity contribution in [1.82, 2.24) is 5.32 Å². The summed E-state index contributed by atoms with van der Waals surface area (Å²) < 4.78 is 11.3. The van der Waals surface area contributed by atoms with Crippen LogP contribution in [0.25, 0.3) is 0 Å². The number of carbonyl (C=O) groups is 2. The van der Waals surface area contributed by atoms with E-state index in [1.165, 1.54) is 77.0 Å². The molecule has 258 valence electrons. The molecular formula is C40H69NO4. The largest absolute Gasteiger partial charge is 0.457 e. The maximum Gasteiger partial charge on any atom is 0.306 e. The summed E-state index contributed by atoms with van der Waals surface area (Å²) in [5.74, 6) is -0.353. The molecule has 0 aromatic heterocycles. The fourth-order valence-corrected chi connectivity index (χ4v) is 5.48. The Morgan fingerprint density at radius 2 is 0.822 bits per heavy atom. The Balaban J connectivity index is 1.98. The highest BCUT2D eigenvalue weighted by atomic mass is 16.6. The lowest BCUT2D eigenvalue weighted by atomic mass is 10.1. The van der Waals surface area contributed by atoms with Crippen LogP contribution in [0.1, 0.15) is 168 Å². The van der Waals surface area contributed by atoms with Crippen LogP contribution in [-0.2, 0) is 19.1 Å². The van der Waals surface area contributed by atoms with Crippen molar-refractivity contribution in [2.45, 2.75) is 180 Å². The third kappa shape index (κ3) is 26.8. The number of hydrogen-bond acceptors (Lipinski definition) is 5. The number of ether oxygens (including phenoxy) is 2. The molecule has 0 bridgehead atoms. The van der Waals surface area contributed by atoms with Crippen molar-refractivity contribution in [2.75, 3.05) is 13.1 Å². The molecule has 0 aliphatic carbocycles. The molecule has 1 aliphatic rings. The zero-order valence-electron chi connectivity index (χ0n) is 29.3. The Hall–Kier alpha value is -2.14. The van der Waals surface area contributed by atoms with Crippen LogP contribution in [0.5, 0.6) is 0 Å². The summed E-state index contributed by atoms with van der Waals surface area (Å²) in [6, 6.07) is 0. The van der Waals surface area contributed by atoms with Crippen molar-refractivity contribution >= 4 is 11.9 Å². The van der Waals surface area contributed by atoms with E-state index in [-0.39, 0.29) is 24.1 Å². The normalized spacial score (nSPS) is 17.0. The van der Waals surface area contributed by atoms with Gasteiger partial charge in [-0.15, -0.1) is 0 Å². The van der Waals surface area contributed by atoms with E-state index in [2.05, 4.69) is 67.8 Å². The highest BCUT2D eigenvalue weighted by Gasteiger charge is 2.33. The van der Waals surface area contributed by atoms with Gasteiger partial charge in [-0.1, -0.05) is 127 Å². The number of hydrogen-bond donors (Lipinski definition) is 1. The number of allylic oxidation sites excluding steroid dienone is 8. The van der Waals surface area contributed by atoms with Gasteiger partial charge in [0, 0.05) is 25.9 Å². The molecule has 0 amide bonds.